The monoisotopic (exact) mass is 458 g/mol. The summed E-state index contributed by atoms with van der Waals surface area (Å²) in [4.78, 5) is 22.2. The molecule has 2 aromatic heterocycles. The molecule has 3 heterocycles. The van der Waals surface area contributed by atoms with Crippen molar-refractivity contribution in [2.24, 2.45) is 0 Å². The van der Waals surface area contributed by atoms with Crippen molar-refractivity contribution < 1.29 is 9.90 Å². The molecule has 5 rings (SSSR count). The Hall–Kier alpha value is -4.17. The molecular formula is C24H19ClN6O2. The number of nitrogens with zero attached hydrogens (tertiary/aromatic N) is 4. The summed E-state index contributed by atoms with van der Waals surface area (Å²) in [7, 11) is 0. The number of rotatable bonds is 4. The molecule has 164 valence electrons. The van der Waals surface area contributed by atoms with Crippen molar-refractivity contribution in [3.8, 4) is 17.1 Å². The molecule has 0 saturated heterocycles. The molecule has 0 bridgehead atoms. The highest BCUT2D eigenvalue weighted by atomic mass is 35.5. The first-order valence-electron chi connectivity index (χ1n) is 10.2. The number of anilines is 2. The number of hydrogen-bond acceptors (Lipinski definition) is 6. The van der Waals surface area contributed by atoms with Crippen LogP contribution in [0.5, 0.6) is 5.75 Å². The minimum absolute atomic E-state index is 0.0844. The molecule has 0 radical (unpaired) electrons. The van der Waals surface area contributed by atoms with Crippen molar-refractivity contribution in [3.63, 3.8) is 0 Å². The summed E-state index contributed by atoms with van der Waals surface area (Å²) in [6.07, 6.45) is 1.61. The normalized spacial score (nSPS) is 15.0. The number of aromatic nitrogens is 4. The lowest BCUT2D eigenvalue weighted by Gasteiger charge is -2.28. The quantitative estimate of drug-likeness (QED) is 0.412. The molecule has 4 aromatic rings. The van der Waals surface area contributed by atoms with Gasteiger partial charge < -0.3 is 15.7 Å². The smallest absolute Gasteiger partial charge is 0.257 e. The number of phenols is 1. The van der Waals surface area contributed by atoms with Crippen LogP contribution < -0.4 is 10.6 Å². The van der Waals surface area contributed by atoms with Crippen molar-refractivity contribution in [2.45, 2.75) is 13.0 Å². The van der Waals surface area contributed by atoms with Gasteiger partial charge in [0.2, 0.25) is 5.95 Å². The summed E-state index contributed by atoms with van der Waals surface area (Å²) in [5.41, 5.74) is 2.39. The fraction of sp³-hybridized carbons (Fsp3) is 0.0833. The van der Waals surface area contributed by atoms with Crippen LogP contribution in [0.3, 0.4) is 0 Å². The largest absolute Gasteiger partial charge is 0.508 e. The SMILES string of the molecule is CC1=C(C(=O)Nc2ccccn2)C(c2cccc(O)c2)n2nc(-c3ccccc3Cl)nc2N1. The van der Waals surface area contributed by atoms with Gasteiger partial charge in [-0.2, -0.15) is 4.98 Å². The Bertz CT molecular complexity index is 1380. The second-order valence-corrected chi connectivity index (χ2v) is 7.92. The van der Waals surface area contributed by atoms with Gasteiger partial charge in [-0.25, -0.2) is 9.67 Å². The zero-order chi connectivity index (χ0) is 22.9. The fourth-order valence-electron chi connectivity index (χ4n) is 3.83. The van der Waals surface area contributed by atoms with Crippen LogP contribution >= 0.6 is 11.6 Å². The molecule has 0 aliphatic carbocycles. The topological polar surface area (TPSA) is 105 Å². The summed E-state index contributed by atoms with van der Waals surface area (Å²) in [6, 6.07) is 18.7. The summed E-state index contributed by atoms with van der Waals surface area (Å²) < 4.78 is 1.63. The number of allylic oxidation sites excluding steroid dienone is 1. The van der Waals surface area contributed by atoms with E-state index in [-0.39, 0.29) is 11.7 Å². The van der Waals surface area contributed by atoms with E-state index in [0.29, 0.717) is 45.0 Å². The van der Waals surface area contributed by atoms with Crippen LogP contribution in [0.2, 0.25) is 5.02 Å². The number of carbonyl (C=O) groups excluding carboxylic acids is 1. The van der Waals surface area contributed by atoms with Crippen molar-refractivity contribution in [2.75, 3.05) is 10.6 Å². The Balaban J connectivity index is 1.63. The maximum Gasteiger partial charge on any atom is 0.257 e. The molecule has 1 atom stereocenters. The summed E-state index contributed by atoms with van der Waals surface area (Å²) >= 11 is 6.37. The minimum Gasteiger partial charge on any atom is -0.508 e. The van der Waals surface area contributed by atoms with Crippen molar-refractivity contribution in [1.29, 1.82) is 0 Å². The third-order valence-electron chi connectivity index (χ3n) is 5.30. The molecule has 8 nitrogen and oxygen atoms in total. The molecule has 2 aromatic carbocycles. The zero-order valence-corrected chi connectivity index (χ0v) is 18.3. The summed E-state index contributed by atoms with van der Waals surface area (Å²) in [5.74, 6) is 1.06. The van der Waals surface area contributed by atoms with E-state index >= 15 is 0 Å². The van der Waals surface area contributed by atoms with Gasteiger partial charge in [0.15, 0.2) is 5.82 Å². The lowest BCUT2D eigenvalue weighted by Crippen LogP contribution is -2.31. The first-order chi connectivity index (χ1) is 16.0. The summed E-state index contributed by atoms with van der Waals surface area (Å²) in [5, 5.41) is 21.4. The number of carbonyl (C=O) groups is 1. The molecule has 3 N–H and O–H groups in total. The number of phenolic OH excluding ortho intramolecular Hbond substituents is 1. The number of halogens is 1. The van der Waals surface area contributed by atoms with Crippen LogP contribution in [0.15, 0.2) is 84.2 Å². The second kappa shape index (κ2) is 8.40. The number of fused-ring (bicyclic) bond motifs is 1. The van der Waals surface area contributed by atoms with Crippen LogP contribution in [0.25, 0.3) is 11.4 Å². The Morgan fingerprint density at radius 3 is 2.70 bits per heavy atom. The van der Waals surface area contributed by atoms with Crippen LogP contribution in [0.4, 0.5) is 11.8 Å². The highest BCUT2D eigenvalue weighted by molar-refractivity contribution is 6.33. The second-order valence-electron chi connectivity index (χ2n) is 7.51. The van der Waals surface area contributed by atoms with Gasteiger partial charge in [0.1, 0.15) is 17.6 Å². The van der Waals surface area contributed by atoms with E-state index in [4.69, 9.17) is 16.7 Å². The first kappa shape index (κ1) is 20.7. The molecule has 1 amide bonds. The van der Waals surface area contributed by atoms with E-state index in [1.807, 2.05) is 24.3 Å². The Kier molecular flexibility index (Phi) is 5.27. The van der Waals surface area contributed by atoms with E-state index in [2.05, 4.69) is 20.6 Å². The molecule has 1 aliphatic heterocycles. The van der Waals surface area contributed by atoms with E-state index in [1.54, 1.807) is 60.3 Å². The van der Waals surface area contributed by atoms with E-state index < -0.39 is 6.04 Å². The third kappa shape index (κ3) is 3.92. The number of amides is 1. The number of aromatic hydroxyl groups is 1. The number of nitrogens with one attached hydrogen (secondary N) is 2. The van der Waals surface area contributed by atoms with Crippen LogP contribution in [0, 0.1) is 0 Å². The van der Waals surface area contributed by atoms with Gasteiger partial charge in [-0.3, -0.25) is 4.79 Å². The Morgan fingerprint density at radius 2 is 1.94 bits per heavy atom. The first-order valence-corrected chi connectivity index (χ1v) is 10.6. The molecular weight excluding hydrogens is 440 g/mol. The predicted octanol–water partition coefficient (Wildman–Crippen LogP) is 4.63. The van der Waals surface area contributed by atoms with Crippen molar-refractivity contribution in [1.82, 2.24) is 19.7 Å². The zero-order valence-electron chi connectivity index (χ0n) is 17.5. The maximum absolute atomic E-state index is 13.4. The van der Waals surface area contributed by atoms with Crippen LogP contribution in [-0.2, 0) is 4.79 Å². The molecule has 1 unspecified atom stereocenters. The molecule has 0 saturated carbocycles. The summed E-state index contributed by atoms with van der Waals surface area (Å²) in [6.45, 7) is 1.80. The lowest BCUT2D eigenvalue weighted by atomic mass is 9.95. The minimum atomic E-state index is -0.638. The highest BCUT2D eigenvalue weighted by Crippen LogP contribution is 2.38. The number of benzene rings is 2. The van der Waals surface area contributed by atoms with Gasteiger partial charge in [-0.15, -0.1) is 5.10 Å². The van der Waals surface area contributed by atoms with E-state index in [9.17, 15) is 9.90 Å². The molecule has 0 spiro atoms. The fourth-order valence-corrected chi connectivity index (χ4v) is 4.05. The Morgan fingerprint density at radius 1 is 1.12 bits per heavy atom. The van der Waals surface area contributed by atoms with Gasteiger partial charge in [0.05, 0.1) is 10.6 Å². The van der Waals surface area contributed by atoms with Gasteiger partial charge in [-0.1, -0.05) is 41.9 Å². The van der Waals surface area contributed by atoms with Crippen molar-refractivity contribution >= 4 is 29.3 Å². The van der Waals surface area contributed by atoms with Crippen LogP contribution in [0.1, 0.15) is 18.5 Å². The number of pyridine rings is 1. The highest BCUT2D eigenvalue weighted by Gasteiger charge is 2.35. The van der Waals surface area contributed by atoms with Gasteiger partial charge in [0.25, 0.3) is 5.91 Å². The third-order valence-corrected chi connectivity index (χ3v) is 5.63. The number of hydrogen-bond donors (Lipinski definition) is 3. The predicted molar refractivity (Wildman–Crippen MR) is 126 cm³/mol. The van der Waals surface area contributed by atoms with E-state index in [1.165, 1.54) is 0 Å². The molecule has 0 fully saturated rings. The molecule has 1 aliphatic rings. The molecule has 33 heavy (non-hydrogen) atoms. The molecule has 9 heteroatoms. The van der Waals surface area contributed by atoms with Gasteiger partial charge in [0, 0.05) is 17.5 Å². The average Bonchev–Trinajstić information content (AvgIpc) is 3.22. The van der Waals surface area contributed by atoms with Crippen LogP contribution in [-0.4, -0.2) is 30.8 Å². The standard InChI is InChI=1S/C24H19ClN6O2/c1-14-20(23(33)28-19-11-4-5-12-26-19)21(15-7-6-8-16(32)13-15)31-24(27-14)29-22(30-31)17-9-2-3-10-18(17)25/h2-13,21,32H,1H3,(H,26,28,33)(H,27,29,30). The maximum atomic E-state index is 13.4. The van der Waals surface area contributed by atoms with E-state index in [0.717, 1.165) is 0 Å². The lowest BCUT2D eigenvalue weighted by molar-refractivity contribution is -0.113. The van der Waals surface area contributed by atoms with Crippen molar-refractivity contribution in [3.05, 3.63) is 94.8 Å². The van der Waals surface area contributed by atoms with Gasteiger partial charge in [-0.05, 0) is 48.9 Å². The average molecular weight is 459 g/mol. The Labute approximate surface area is 194 Å². The van der Waals surface area contributed by atoms with Gasteiger partial charge >= 0.3 is 0 Å².